The van der Waals surface area contributed by atoms with Gasteiger partial charge in [0.15, 0.2) is 0 Å². The fraction of sp³-hybridized carbons (Fsp3) is 0.914. The van der Waals surface area contributed by atoms with Gasteiger partial charge in [-0.3, -0.25) is 9.59 Å². The summed E-state index contributed by atoms with van der Waals surface area (Å²) in [5.41, 5.74) is 0. The lowest BCUT2D eigenvalue weighted by Gasteiger charge is -2.22. The second-order valence-electron chi connectivity index (χ2n) is 23.9. The van der Waals surface area contributed by atoms with Crippen LogP contribution in [0.4, 0.5) is 0 Å². The molecule has 0 saturated heterocycles. The van der Waals surface area contributed by atoms with E-state index in [0.717, 1.165) is 44.9 Å². The molecule has 0 bridgehead atoms. The highest BCUT2D eigenvalue weighted by molar-refractivity contribution is 5.76. The van der Waals surface area contributed by atoms with E-state index in [-0.39, 0.29) is 18.5 Å². The minimum atomic E-state index is -0.670. The Morgan fingerprint density at radius 3 is 0.974 bits per heavy atom. The van der Waals surface area contributed by atoms with E-state index in [1.165, 1.54) is 308 Å². The lowest BCUT2D eigenvalue weighted by Crippen LogP contribution is -2.45. The van der Waals surface area contributed by atoms with Crippen molar-refractivity contribution in [1.82, 2.24) is 5.32 Å². The van der Waals surface area contributed by atoms with E-state index in [0.29, 0.717) is 25.9 Å². The molecule has 0 radical (unpaired) electrons. The summed E-state index contributed by atoms with van der Waals surface area (Å²) < 4.78 is 5.46. The van der Waals surface area contributed by atoms with Crippen LogP contribution in [0.25, 0.3) is 0 Å². The summed E-state index contributed by atoms with van der Waals surface area (Å²) in [6.07, 6.45) is 82.2. The summed E-state index contributed by atoms with van der Waals surface area (Å²) in [4.78, 5) is 24.5. The van der Waals surface area contributed by atoms with Gasteiger partial charge in [0, 0.05) is 12.8 Å². The van der Waals surface area contributed by atoms with Crippen LogP contribution in [-0.4, -0.2) is 47.4 Å². The SMILES string of the molecule is CCCC/C=C\CCCCCCCC(=O)OCCCCCCCCCCCCCC/C=C\CCCCCCCCCC(=O)NC(CO)C(O)CCCCCCCCCCCCCCCCCCCCCCCCCCC. The summed E-state index contributed by atoms with van der Waals surface area (Å²) in [7, 11) is 0. The fourth-order valence-electron chi connectivity index (χ4n) is 10.9. The van der Waals surface area contributed by atoms with Crippen LogP contribution in [0.3, 0.4) is 0 Å². The highest BCUT2D eigenvalue weighted by atomic mass is 16.5. The van der Waals surface area contributed by atoms with Crippen LogP contribution in [0, 0.1) is 0 Å². The molecule has 450 valence electrons. The van der Waals surface area contributed by atoms with Gasteiger partial charge < -0.3 is 20.3 Å². The molecule has 3 N–H and O–H groups in total. The highest BCUT2D eigenvalue weighted by Crippen LogP contribution is 2.19. The molecule has 0 aromatic rings. The molecular formula is C70H135NO5. The first-order valence-corrected chi connectivity index (χ1v) is 34.6. The quantitative estimate of drug-likeness (QED) is 0.0320. The van der Waals surface area contributed by atoms with Crippen molar-refractivity contribution in [2.75, 3.05) is 13.2 Å². The Bertz CT molecular complexity index is 1190. The summed E-state index contributed by atoms with van der Waals surface area (Å²) in [6.45, 7) is 4.94. The number of esters is 1. The molecule has 0 aliphatic heterocycles. The molecule has 76 heavy (non-hydrogen) atoms. The van der Waals surface area contributed by atoms with Crippen molar-refractivity contribution < 1.29 is 24.5 Å². The van der Waals surface area contributed by atoms with Crippen molar-refractivity contribution in [2.45, 2.75) is 398 Å². The van der Waals surface area contributed by atoms with Crippen molar-refractivity contribution in [1.29, 1.82) is 0 Å². The van der Waals surface area contributed by atoms with Gasteiger partial charge in [0.05, 0.1) is 25.4 Å². The van der Waals surface area contributed by atoms with Gasteiger partial charge in [0.2, 0.25) is 5.91 Å². The van der Waals surface area contributed by atoms with Crippen LogP contribution in [-0.2, 0) is 14.3 Å². The van der Waals surface area contributed by atoms with Crippen molar-refractivity contribution in [3.63, 3.8) is 0 Å². The third-order valence-corrected chi connectivity index (χ3v) is 16.2. The molecule has 0 spiro atoms. The van der Waals surface area contributed by atoms with Crippen molar-refractivity contribution in [3.05, 3.63) is 24.3 Å². The van der Waals surface area contributed by atoms with Crippen LogP contribution >= 0.6 is 0 Å². The summed E-state index contributed by atoms with van der Waals surface area (Å²) >= 11 is 0. The van der Waals surface area contributed by atoms with E-state index in [4.69, 9.17) is 4.74 Å². The molecule has 0 aromatic carbocycles. The zero-order valence-electron chi connectivity index (χ0n) is 51.5. The number of aliphatic hydroxyl groups excluding tert-OH is 2. The first-order chi connectivity index (χ1) is 37.5. The molecule has 0 aromatic heterocycles. The number of carbonyl (C=O) groups excluding carboxylic acids is 2. The van der Waals surface area contributed by atoms with Crippen LogP contribution < -0.4 is 5.32 Å². The molecule has 0 aliphatic rings. The topological polar surface area (TPSA) is 95.9 Å². The molecule has 0 aliphatic carbocycles. The monoisotopic (exact) mass is 1070 g/mol. The number of ether oxygens (including phenoxy) is 1. The van der Waals surface area contributed by atoms with Crippen molar-refractivity contribution >= 4 is 11.9 Å². The normalized spacial score (nSPS) is 12.6. The van der Waals surface area contributed by atoms with Gasteiger partial charge in [-0.15, -0.1) is 0 Å². The molecule has 6 nitrogen and oxygen atoms in total. The Balaban J connectivity index is 3.41. The van der Waals surface area contributed by atoms with Crippen LogP contribution in [0.2, 0.25) is 0 Å². The number of amides is 1. The molecule has 2 unspecified atom stereocenters. The van der Waals surface area contributed by atoms with Gasteiger partial charge in [-0.1, -0.05) is 327 Å². The first-order valence-electron chi connectivity index (χ1n) is 34.6. The predicted molar refractivity (Wildman–Crippen MR) is 333 cm³/mol. The molecule has 0 saturated carbocycles. The summed E-state index contributed by atoms with van der Waals surface area (Å²) in [5.74, 6) is -0.0356. The number of hydrogen-bond acceptors (Lipinski definition) is 5. The maximum absolute atomic E-state index is 12.5. The van der Waals surface area contributed by atoms with Gasteiger partial charge in [-0.25, -0.2) is 0 Å². The number of rotatable bonds is 65. The third-order valence-electron chi connectivity index (χ3n) is 16.2. The smallest absolute Gasteiger partial charge is 0.305 e. The number of unbranched alkanes of at least 4 members (excludes halogenated alkanes) is 50. The lowest BCUT2D eigenvalue weighted by atomic mass is 10.0. The highest BCUT2D eigenvalue weighted by Gasteiger charge is 2.20. The van der Waals surface area contributed by atoms with E-state index in [2.05, 4.69) is 43.5 Å². The maximum Gasteiger partial charge on any atom is 0.305 e. The average Bonchev–Trinajstić information content (AvgIpc) is 3.42. The standard InChI is InChI=1S/C70H135NO5/c1-3-5-7-9-11-13-15-16-17-18-19-20-21-22-24-27-30-33-36-39-43-46-50-54-58-62-68(73)67(66-72)71-69(74)63-59-55-51-47-44-40-37-34-31-28-25-23-26-29-32-35-38-41-45-49-53-57-61-65-76-70(75)64-60-56-52-48-42-14-12-10-8-6-4-2/h10,12,28,31,67-68,72-73H,3-9,11,13-27,29-30,32-66H2,1-2H3,(H,71,74)/b12-10-,31-28-. The van der Waals surface area contributed by atoms with E-state index in [1.54, 1.807) is 0 Å². The second kappa shape index (κ2) is 65.9. The van der Waals surface area contributed by atoms with Crippen molar-refractivity contribution in [2.24, 2.45) is 0 Å². The van der Waals surface area contributed by atoms with Gasteiger partial charge in [0.25, 0.3) is 0 Å². The number of hydrogen-bond donors (Lipinski definition) is 3. The summed E-state index contributed by atoms with van der Waals surface area (Å²) in [6, 6.07) is -0.547. The third kappa shape index (κ3) is 61.6. The number of nitrogens with one attached hydrogen (secondary N) is 1. The Morgan fingerprint density at radius 1 is 0.355 bits per heavy atom. The molecule has 2 atom stereocenters. The van der Waals surface area contributed by atoms with Gasteiger partial charge in [0.1, 0.15) is 0 Å². The van der Waals surface area contributed by atoms with Gasteiger partial charge in [-0.05, 0) is 70.6 Å². The Hall–Kier alpha value is -1.66. The lowest BCUT2D eigenvalue weighted by molar-refractivity contribution is -0.143. The van der Waals surface area contributed by atoms with E-state index in [1.807, 2.05) is 0 Å². The molecule has 0 rings (SSSR count). The number of carbonyl (C=O) groups is 2. The Morgan fingerprint density at radius 2 is 0.632 bits per heavy atom. The molecule has 0 fully saturated rings. The van der Waals surface area contributed by atoms with Crippen LogP contribution in [0.15, 0.2) is 24.3 Å². The van der Waals surface area contributed by atoms with E-state index >= 15 is 0 Å². The van der Waals surface area contributed by atoms with Crippen molar-refractivity contribution in [3.8, 4) is 0 Å². The second-order valence-corrected chi connectivity index (χ2v) is 23.9. The molecule has 0 heterocycles. The molecule has 1 amide bonds. The Labute approximate surface area is 475 Å². The maximum atomic E-state index is 12.5. The van der Waals surface area contributed by atoms with E-state index < -0.39 is 12.1 Å². The predicted octanol–water partition coefficient (Wildman–Crippen LogP) is 22.1. The minimum absolute atomic E-state index is 0.00115. The number of aliphatic hydroxyl groups is 2. The zero-order chi connectivity index (χ0) is 55.0. The van der Waals surface area contributed by atoms with Crippen LogP contribution in [0.1, 0.15) is 386 Å². The van der Waals surface area contributed by atoms with Gasteiger partial charge in [-0.2, -0.15) is 0 Å². The summed E-state index contributed by atoms with van der Waals surface area (Å²) in [5, 5.41) is 23.4. The number of allylic oxidation sites excluding steroid dienone is 4. The molecular weight excluding hydrogens is 935 g/mol. The van der Waals surface area contributed by atoms with Gasteiger partial charge >= 0.3 is 5.97 Å². The Kier molecular flexibility index (Phi) is 64.4. The van der Waals surface area contributed by atoms with Crippen LogP contribution in [0.5, 0.6) is 0 Å². The largest absolute Gasteiger partial charge is 0.466 e. The van der Waals surface area contributed by atoms with E-state index in [9.17, 15) is 19.8 Å². The minimum Gasteiger partial charge on any atom is -0.466 e. The first kappa shape index (κ1) is 74.3. The fourth-order valence-corrected chi connectivity index (χ4v) is 10.9. The molecule has 6 heteroatoms. The zero-order valence-corrected chi connectivity index (χ0v) is 51.5. The average molecular weight is 1070 g/mol.